The fraction of sp³-hybridized carbons (Fsp3) is 0.158. The van der Waals surface area contributed by atoms with Gasteiger partial charge in [0.25, 0.3) is 0 Å². The molecule has 1 heterocycles. The van der Waals surface area contributed by atoms with Crippen LogP contribution in [-0.4, -0.2) is 30.2 Å². The Morgan fingerprint density at radius 2 is 1.77 bits per heavy atom. The zero-order valence-corrected chi connectivity index (χ0v) is 14.2. The van der Waals surface area contributed by atoms with Gasteiger partial charge in [-0.15, -0.1) is 0 Å². The molecular formula is C19H18FN3O3. The molecule has 0 atom stereocenters. The number of nitrogens with zero attached hydrogens (tertiary/aromatic N) is 2. The lowest BCUT2D eigenvalue weighted by Gasteiger charge is -2.11. The first kappa shape index (κ1) is 17.5. The quantitative estimate of drug-likeness (QED) is 0.618. The average Bonchev–Trinajstić information content (AvgIpc) is 2.68. The molecule has 0 unspecified atom stereocenters. The van der Waals surface area contributed by atoms with E-state index in [0.29, 0.717) is 42.2 Å². The molecule has 134 valence electrons. The molecule has 2 aromatic carbocycles. The Morgan fingerprint density at radius 3 is 2.54 bits per heavy atom. The van der Waals surface area contributed by atoms with Crippen molar-refractivity contribution in [3.8, 4) is 23.1 Å². The highest BCUT2D eigenvalue weighted by molar-refractivity contribution is 5.39. The number of hydrogen-bond acceptors (Lipinski definition) is 6. The molecule has 1 aromatic heterocycles. The zero-order chi connectivity index (χ0) is 18.2. The van der Waals surface area contributed by atoms with Crippen LogP contribution in [0.2, 0.25) is 0 Å². The van der Waals surface area contributed by atoms with Crippen molar-refractivity contribution in [1.82, 2.24) is 9.97 Å². The van der Waals surface area contributed by atoms with Crippen molar-refractivity contribution < 1.29 is 18.6 Å². The zero-order valence-electron chi connectivity index (χ0n) is 14.2. The largest absolute Gasteiger partial charge is 0.493 e. The van der Waals surface area contributed by atoms with Gasteiger partial charge in [-0.3, -0.25) is 0 Å². The van der Waals surface area contributed by atoms with Crippen molar-refractivity contribution in [3.05, 3.63) is 66.6 Å². The number of hydrogen-bond donors (Lipinski definition) is 1. The van der Waals surface area contributed by atoms with Crippen LogP contribution >= 0.6 is 0 Å². The number of nitrogens with one attached hydrogen (secondary N) is 1. The van der Waals surface area contributed by atoms with Gasteiger partial charge in [0.2, 0.25) is 11.8 Å². The van der Waals surface area contributed by atoms with E-state index in [1.54, 1.807) is 19.4 Å². The summed E-state index contributed by atoms with van der Waals surface area (Å²) in [6.45, 7) is 0.908. The van der Waals surface area contributed by atoms with Gasteiger partial charge in [-0.1, -0.05) is 12.1 Å². The van der Waals surface area contributed by atoms with E-state index in [9.17, 15) is 4.39 Å². The fourth-order valence-electron chi connectivity index (χ4n) is 2.17. The van der Waals surface area contributed by atoms with Crippen molar-refractivity contribution in [2.75, 3.05) is 25.6 Å². The highest BCUT2D eigenvalue weighted by Gasteiger charge is 2.04. The number of rotatable bonds is 8. The first-order chi connectivity index (χ1) is 12.7. The number of anilines is 1. The van der Waals surface area contributed by atoms with E-state index in [-0.39, 0.29) is 5.82 Å². The topological polar surface area (TPSA) is 65.5 Å². The molecule has 0 aliphatic rings. The van der Waals surface area contributed by atoms with Crippen molar-refractivity contribution in [3.63, 3.8) is 0 Å². The Kier molecular flexibility index (Phi) is 5.82. The Hall–Kier alpha value is -3.35. The maximum Gasteiger partial charge on any atom is 0.226 e. The van der Waals surface area contributed by atoms with Gasteiger partial charge in [0.1, 0.15) is 18.2 Å². The van der Waals surface area contributed by atoms with Crippen LogP contribution in [0.15, 0.2) is 60.8 Å². The van der Waals surface area contributed by atoms with Gasteiger partial charge in [0.15, 0.2) is 11.5 Å². The summed E-state index contributed by atoms with van der Waals surface area (Å²) in [5.74, 6) is 2.30. The highest BCUT2D eigenvalue weighted by Crippen LogP contribution is 2.25. The molecule has 0 fully saturated rings. The van der Waals surface area contributed by atoms with E-state index in [2.05, 4.69) is 15.3 Å². The Bertz CT molecular complexity index is 843. The van der Waals surface area contributed by atoms with Gasteiger partial charge >= 0.3 is 0 Å². The molecule has 7 heteroatoms. The number of halogens is 1. The lowest BCUT2D eigenvalue weighted by Crippen LogP contribution is -2.13. The van der Waals surface area contributed by atoms with Gasteiger partial charge in [0.05, 0.1) is 13.7 Å². The minimum absolute atomic E-state index is 0.322. The Morgan fingerprint density at radius 1 is 1.00 bits per heavy atom. The summed E-state index contributed by atoms with van der Waals surface area (Å²) in [7, 11) is 1.60. The van der Waals surface area contributed by atoms with Crippen LogP contribution < -0.4 is 19.5 Å². The molecule has 1 N–H and O–H groups in total. The molecule has 26 heavy (non-hydrogen) atoms. The van der Waals surface area contributed by atoms with Gasteiger partial charge in [-0.2, -0.15) is 4.98 Å². The summed E-state index contributed by atoms with van der Waals surface area (Å²) in [4.78, 5) is 8.38. The number of ether oxygens (including phenoxy) is 3. The van der Waals surface area contributed by atoms with E-state index < -0.39 is 0 Å². The fourth-order valence-corrected chi connectivity index (χ4v) is 2.17. The maximum absolute atomic E-state index is 12.9. The maximum atomic E-state index is 12.9. The lowest BCUT2D eigenvalue weighted by molar-refractivity contribution is 0.305. The Balaban J connectivity index is 1.51. The molecule has 3 aromatic rings. The molecule has 3 rings (SSSR count). The predicted octanol–water partition coefficient (Wildman–Crippen LogP) is 3.91. The summed E-state index contributed by atoms with van der Waals surface area (Å²) >= 11 is 0. The normalized spacial score (nSPS) is 10.2. The number of aromatic nitrogens is 2. The second-order valence-electron chi connectivity index (χ2n) is 5.20. The third-order valence-corrected chi connectivity index (χ3v) is 3.38. The summed E-state index contributed by atoms with van der Waals surface area (Å²) < 4.78 is 29.4. The number of para-hydroxylation sites is 2. The molecule has 0 saturated carbocycles. The smallest absolute Gasteiger partial charge is 0.226 e. The van der Waals surface area contributed by atoms with Crippen LogP contribution in [0.5, 0.6) is 23.1 Å². The average molecular weight is 355 g/mol. The summed E-state index contributed by atoms with van der Waals surface area (Å²) in [5, 5.41) is 3.06. The monoisotopic (exact) mass is 355 g/mol. The molecule has 0 saturated heterocycles. The second-order valence-corrected chi connectivity index (χ2v) is 5.20. The standard InChI is InChI=1S/C19H18FN3O3/c1-24-16-4-2-3-5-17(16)25-13-12-22-19-21-11-10-18(23-19)26-15-8-6-14(20)7-9-15/h2-11H,12-13H2,1H3,(H,21,22,23). The summed E-state index contributed by atoms with van der Waals surface area (Å²) in [5.41, 5.74) is 0. The second kappa shape index (κ2) is 8.66. The molecule has 6 nitrogen and oxygen atoms in total. The van der Waals surface area contributed by atoms with Gasteiger partial charge in [-0.25, -0.2) is 9.37 Å². The van der Waals surface area contributed by atoms with E-state index in [0.717, 1.165) is 0 Å². The molecule has 0 spiro atoms. The molecule has 0 aliphatic carbocycles. The van der Waals surface area contributed by atoms with Crippen molar-refractivity contribution in [1.29, 1.82) is 0 Å². The minimum atomic E-state index is -0.322. The molecule has 0 bridgehead atoms. The summed E-state index contributed by atoms with van der Waals surface area (Å²) in [6.07, 6.45) is 1.58. The van der Waals surface area contributed by atoms with Crippen LogP contribution in [0.1, 0.15) is 0 Å². The van der Waals surface area contributed by atoms with Gasteiger partial charge in [-0.05, 0) is 36.4 Å². The van der Waals surface area contributed by atoms with Crippen LogP contribution in [0.25, 0.3) is 0 Å². The summed E-state index contributed by atoms with van der Waals surface area (Å²) in [6, 6.07) is 14.8. The van der Waals surface area contributed by atoms with Crippen molar-refractivity contribution >= 4 is 5.95 Å². The SMILES string of the molecule is COc1ccccc1OCCNc1nccc(Oc2ccc(F)cc2)n1. The molecule has 0 radical (unpaired) electrons. The predicted molar refractivity (Wildman–Crippen MR) is 95.5 cm³/mol. The number of benzene rings is 2. The molecule has 0 amide bonds. The van der Waals surface area contributed by atoms with Crippen LogP contribution in [0.4, 0.5) is 10.3 Å². The highest BCUT2D eigenvalue weighted by atomic mass is 19.1. The third kappa shape index (κ3) is 4.83. The van der Waals surface area contributed by atoms with Crippen LogP contribution in [-0.2, 0) is 0 Å². The van der Waals surface area contributed by atoms with Gasteiger partial charge in [0, 0.05) is 12.3 Å². The van der Waals surface area contributed by atoms with E-state index >= 15 is 0 Å². The van der Waals surface area contributed by atoms with Crippen LogP contribution in [0.3, 0.4) is 0 Å². The minimum Gasteiger partial charge on any atom is -0.493 e. The van der Waals surface area contributed by atoms with E-state index in [4.69, 9.17) is 14.2 Å². The molecule has 0 aliphatic heterocycles. The van der Waals surface area contributed by atoms with Crippen LogP contribution in [0, 0.1) is 5.82 Å². The molecular weight excluding hydrogens is 337 g/mol. The third-order valence-electron chi connectivity index (χ3n) is 3.38. The lowest BCUT2D eigenvalue weighted by atomic mass is 10.3. The Labute approximate surface area is 150 Å². The van der Waals surface area contributed by atoms with Crippen molar-refractivity contribution in [2.45, 2.75) is 0 Å². The first-order valence-electron chi connectivity index (χ1n) is 8.01. The first-order valence-corrected chi connectivity index (χ1v) is 8.01. The number of methoxy groups -OCH3 is 1. The van der Waals surface area contributed by atoms with Crippen molar-refractivity contribution in [2.24, 2.45) is 0 Å². The van der Waals surface area contributed by atoms with Gasteiger partial charge < -0.3 is 19.5 Å². The van der Waals surface area contributed by atoms with E-state index in [1.807, 2.05) is 24.3 Å². The van der Waals surface area contributed by atoms with E-state index in [1.165, 1.54) is 24.3 Å².